The number of thiol groups is 1. The lowest BCUT2D eigenvalue weighted by Crippen LogP contribution is -2.75. The van der Waals surface area contributed by atoms with Gasteiger partial charge in [-0.3, -0.25) is 4.90 Å². The molecule has 0 spiro atoms. The van der Waals surface area contributed by atoms with Crippen molar-refractivity contribution in [2.24, 2.45) is 5.92 Å². The van der Waals surface area contributed by atoms with Gasteiger partial charge in [-0.15, -0.1) is 12.6 Å². The molecule has 2 saturated heterocycles. The second-order valence-corrected chi connectivity index (χ2v) is 6.59. The Balaban J connectivity index is 1.90. The molecule has 18 heavy (non-hydrogen) atoms. The molecule has 1 saturated carbocycles. The summed E-state index contributed by atoms with van der Waals surface area (Å²) in [5, 5.41) is 0. The van der Waals surface area contributed by atoms with Crippen LogP contribution in [0.1, 0.15) is 51.9 Å². The number of allylic oxidation sites excluding steroid dienone is 3. The molecule has 2 heteroatoms. The Hall–Kier alpha value is -0.210. The highest BCUT2D eigenvalue weighted by atomic mass is 32.1. The van der Waals surface area contributed by atoms with Crippen LogP contribution in [0, 0.1) is 5.92 Å². The normalized spacial score (nSPS) is 41.3. The molecule has 0 radical (unpaired) electrons. The molecule has 3 atom stereocenters. The first kappa shape index (κ1) is 12.8. The maximum atomic E-state index is 4.89. The van der Waals surface area contributed by atoms with E-state index in [2.05, 4.69) is 30.1 Å². The number of rotatable bonds is 2. The lowest BCUT2D eigenvalue weighted by Gasteiger charge is -2.68. The van der Waals surface area contributed by atoms with Crippen LogP contribution in [-0.4, -0.2) is 23.0 Å². The topological polar surface area (TPSA) is 3.24 Å². The van der Waals surface area contributed by atoms with Gasteiger partial charge in [0.1, 0.15) is 0 Å². The highest BCUT2D eigenvalue weighted by Crippen LogP contribution is 2.58. The Morgan fingerprint density at radius 2 is 2.06 bits per heavy atom. The van der Waals surface area contributed by atoms with E-state index < -0.39 is 0 Å². The Morgan fingerprint density at radius 1 is 1.22 bits per heavy atom. The van der Waals surface area contributed by atoms with E-state index in [1.165, 1.54) is 56.4 Å². The van der Waals surface area contributed by atoms with Crippen LogP contribution in [0.4, 0.5) is 0 Å². The van der Waals surface area contributed by atoms with Crippen molar-refractivity contribution in [1.82, 2.24) is 4.90 Å². The van der Waals surface area contributed by atoms with Gasteiger partial charge in [0.05, 0.1) is 5.54 Å². The summed E-state index contributed by atoms with van der Waals surface area (Å²) < 4.78 is 0. The first-order valence-electron chi connectivity index (χ1n) is 7.60. The summed E-state index contributed by atoms with van der Waals surface area (Å²) in [6.07, 6.45) is 16.3. The van der Waals surface area contributed by atoms with E-state index in [0.717, 1.165) is 12.0 Å². The summed E-state index contributed by atoms with van der Waals surface area (Å²) in [6.45, 7) is 3.38. The number of hydrogen-bond acceptors (Lipinski definition) is 2. The third-order valence-corrected chi connectivity index (χ3v) is 5.89. The summed E-state index contributed by atoms with van der Waals surface area (Å²) in [5.74, 6) is 0.889. The van der Waals surface area contributed by atoms with Crippen molar-refractivity contribution < 1.29 is 0 Å². The van der Waals surface area contributed by atoms with Crippen molar-refractivity contribution in [2.45, 2.75) is 63.5 Å². The van der Waals surface area contributed by atoms with Crippen molar-refractivity contribution in [3.05, 3.63) is 23.1 Å². The fourth-order valence-corrected chi connectivity index (χ4v) is 5.13. The van der Waals surface area contributed by atoms with Crippen LogP contribution in [0.5, 0.6) is 0 Å². The minimum Gasteiger partial charge on any atom is -0.289 e. The predicted molar refractivity (Wildman–Crippen MR) is 80.9 cm³/mol. The molecule has 2 heterocycles. The van der Waals surface area contributed by atoms with E-state index in [4.69, 9.17) is 12.6 Å². The molecule has 0 aromatic heterocycles. The van der Waals surface area contributed by atoms with Crippen molar-refractivity contribution >= 4 is 12.6 Å². The summed E-state index contributed by atoms with van der Waals surface area (Å²) >= 11 is 4.89. The maximum Gasteiger partial charge on any atom is 0.0563 e. The average molecular weight is 263 g/mol. The number of piperidine rings is 1. The molecule has 0 aromatic rings. The molecule has 0 amide bonds. The van der Waals surface area contributed by atoms with Crippen LogP contribution >= 0.6 is 12.6 Å². The fourth-order valence-electron chi connectivity index (χ4n) is 4.64. The van der Waals surface area contributed by atoms with Gasteiger partial charge in [-0.25, -0.2) is 0 Å². The van der Waals surface area contributed by atoms with Gasteiger partial charge < -0.3 is 0 Å². The number of hydrogen-bond donors (Lipinski definition) is 1. The third-order valence-electron chi connectivity index (χ3n) is 5.35. The molecule has 3 aliphatic rings. The van der Waals surface area contributed by atoms with E-state index in [0.29, 0.717) is 5.54 Å². The number of nitrogens with zero attached hydrogens (tertiary/aromatic N) is 1. The Labute approximate surface area is 117 Å². The van der Waals surface area contributed by atoms with Crippen LogP contribution in [-0.2, 0) is 0 Å². The van der Waals surface area contributed by atoms with Gasteiger partial charge in [-0.1, -0.05) is 37.5 Å². The molecule has 2 aliphatic heterocycles. The molecule has 0 aromatic carbocycles. The highest BCUT2D eigenvalue weighted by molar-refractivity contribution is 7.84. The minimum atomic E-state index is 0.325. The Morgan fingerprint density at radius 3 is 2.89 bits per heavy atom. The first-order valence-corrected chi connectivity index (χ1v) is 8.04. The molecule has 0 N–H and O–H groups in total. The molecule has 1 aliphatic carbocycles. The van der Waals surface area contributed by atoms with Crippen LogP contribution < -0.4 is 0 Å². The highest BCUT2D eigenvalue weighted by Gasteiger charge is 2.61. The maximum absolute atomic E-state index is 4.89. The van der Waals surface area contributed by atoms with Gasteiger partial charge in [0.2, 0.25) is 0 Å². The van der Waals surface area contributed by atoms with Crippen LogP contribution in [0.3, 0.4) is 0 Å². The molecular weight excluding hydrogens is 238 g/mol. The average Bonchev–Trinajstić information content (AvgIpc) is 2.41. The zero-order valence-corrected chi connectivity index (χ0v) is 12.3. The lowest BCUT2D eigenvalue weighted by atomic mass is 9.58. The first-order chi connectivity index (χ1) is 8.80. The molecule has 100 valence electrons. The second kappa shape index (κ2) is 5.05. The zero-order chi connectivity index (χ0) is 12.6. The van der Waals surface area contributed by atoms with Gasteiger partial charge in [0.15, 0.2) is 0 Å². The van der Waals surface area contributed by atoms with E-state index in [1.807, 2.05) is 0 Å². The zero-order valence-electron chi connectivity index (χ0n) is 11.4. The Bertz CT molecular complexity index is 359. The van der Waals surface area contributed by atoms with E-state index in [1.54, 1.807) is 0 Å². The van der Waals surface area contributed by atoms with Crippen molar-refractivity contribution in [3.63, 3.8) is 0 Å². The van der Waals surface area contributed by atoms with Crippen LogP contribution in [0.25, 0.3) is 0 Å². The molecule has 1 unspecified atom stereocenters. The summed E-state index contributed by atoms with van der Waals surface area (Å²) in [7, 11) is 0. The van der Waals surface area contributed by atoms with Gasteiger partial charge in [0.25, 0.3) is 0 Å². The quantitative estimate of drug-likeness (QED) is 0.578. The van der Waals surface area contributed by atoms with Crippen molar-refractivity contribution in [3.8, 4) is 0 Å². The van der Waals surface area contributed by atoms with Gasteiger partial charge in [-0.05, 0) is 45.1 Å². The van der Waals surface area contributed by atoms with Crippen molar-refractivity contribution in [2.75, 3.05) is 6.54 Å². The smallest absolute Gasteiger partial charge is 0.0563 e. The van der Waals surface area contributed by atoms with E-state index in [-0.39, 0.29) is 0 Å². The lowest BCUT2D eigenvalue weighted by molar-refractivity contribution is -0.150. The summed E-state index contributed by atoms with van der Waals surface area (Å²) in [6, 6.07) is 0.875. The summed E-state index contributed by atoms with van der Waals surface area (Å²) in [4.78, 5) is 4.12. The standard InChI is InChI=1S/C16H25NS/c1-2-3-10-15(18)16-11-6-4-8-13(16)14-9-5-7-12-17(14)16/h2-3,10,13-14,18H,4-9,11-12H2,1H3/b3-2-,15-10-/t13-,14?,16-/m0/s1. The third kappa shape index (κ3) is 1.72. The van der Waals surface area contributed by atoms with E-state index >= 15 is 0 Å². The largest absolute Gasteiger partial charge is 0.289 e. The summed E-state index contributed by atoms with van der Waals surface area (Å²) in [5.41, 5.74) is 0.325. The van der Waals surface area contributed by atoms with Gasteiger partial charge in [-0.2, -0.15) is 0 Å². The van der Waals surface area contributed by atoms with Gasteiger partial charge >= 0.3 is 0 Å². The predicted octanol–water partition coefficient (Wildman–Crippen LogP) is 4.17. The van der Waals surface area contributed by atoms with Gasteiger partial charge in [0, 0.05) is 10.9 Å². The fraction of sp³-hybridized carbons (Fsp3) is 0.750. The molecular formula is C16H25NS. The molecule has 0 bridgehead atoms. The molecule has 3 fully saturated rings. The van der Waals surface area contributed by atoms with Crippen LogP contribution in [0.2, 0.25) is 0 Å². The molecule has 1 nitrogen and oxygen atoms in total. The second-order valence-electron chi connectivity index (χ2n) is 6.11. The SMILES string of the molecule is C/C=C\C=C(/S)[C@]12CCCC[C@H]1C1CCCCN12. The number of fused-ring (bicyclic) bond motifs is 4. The minimum absolute atomic E-state index is 0.325. The monoisotopic (exact) mass is 263 g/mol. The molecule has 3 rings (SSSR count). The Kier molecular flexibility index (Phi) is 3.59. The van der Waals surface area contributed by atoms with Crippen molar-refractivity contribution in [1.29, 1.82) is 0 Å². The van der Waals surface area contributed by atoms with Crippen LogP contribution in [0.15, 0.2) is 23.1 Å². The van der Waals surface area contributed by atoms with E-state index in [9.17, 15) is 0 Å².